The lowest BCUT2D eigenvalue weighted by Gasteiger charge is -2.17. The molecule has 0 heterocycles. The zero-order valence-corrected chi connectivity index (χ0v) is 12.0. The molecule has 0 aliphatic carbocycles. The number of methoxy groups -OCH3 is 1. The highest BCUT2D eigenvalue weighted by atomic mass is 32.2. The number of ether oxygens (including phenoxy) is 1. The summed E-state index contributed by atoms with van der Waals surface area (Å²) in [7, 11) is -2.99. The van der Waals surface area contributed by atoms with Gasteiger partial charge in [-0.15, -0.1) is 0 Å². The van der Waals surface area contributed by atoms with Gasteiger partial charge >= 0.3 is 11.9 Å². The lowest BCUT2D eigenvalue weighted by atomic mass is 10.2. The first kappa shape index (κ1) is 17.2. The number of rotatable bonds is 8. The molecular formula is C9H17NO6S2. The molecule has 0 rings (SSSR count). The highest BCUT2D eigenvalue weighted by molar-refractivity contribution is 7.98. The molecular weight excluding hydrogens is 282 g/mol. The number of aliphatic carboxylic acids is 1. The van der Waals surface area contributed by atoms with Crippen molar-refractivity contribution in [2.24, 2.45) is 0 Å². The number of thioether (sulfide) groups is 1. The molecule has 0 aromatic carbocycles. The number of carbonyl (C=O) groups is 2. The van der Waals surface area contributed by atoms with E-state index in [1.54, 1.807) is 6.26 Å². The van der Waals surface area contributed by atoms with Crippen molar-refractivity contribution in [3.63, 3.8) is 0 Å². The van der Waals surface area contributed by atoms with Crippen LogP contribution >= 0.6 is 11.8 Å². The number of sulfonamides is 1. The molecule has 1 unspecified atom stereocenters. The largest absolute Gasteiger partial charge is 0.480 e. The Bertz CT molecular complexity index is 394. The minimum atomic E-state index is -4.06. The number of carboxylic acid groups (broad SMARTS) is 1. The zero-order valence-electron chi connectivity index (χ0n) is 10.4. The summed E-state index contributed by atoms with van der Waals surface area (Å²) in [5, 5.41) is 7.44. The van der Waals surface area contributed by atoms with Crippen LogP contribution in [0.15, 0.2) is 0 Å². The van der Waals surface area contributed by atoms with E-state index in [4.69, 9.17) is 5.11 Å². The maximum absolute atomic E-state index is 11.7. The second-order valence-electron chi connectivity index (χ2n) is 3.50. The third-order valence-corrected chi connectivity index (χ3v) is 4.59. The smallest absolute Gasteiger partial charge is 0.325 e. The maximum Gasteiger partial charge on any atom is 0.325 e. The first-order valence-electron chi connectivity index (χ1n) is 5.07. The van der Waals surface area contributed by atoms with E-state index in [0.717, 1.165) is 14.0 Å². The van der Waals surface area contributed by atoms with Gasteiger partial charge in [0.25, 0.3) is 0 Å². The average molecular weight is 299 g/mol. The Morgan fingerprint density at radius 1 is 1.44 bits per heavy atom. The van der Waals surface area contributed by atoms with Crippen molar-refractivity contribution < 1.29 is 27.9 Å². The lowest BCUT2D eigenvalue weighted by Crippen LogP contribution is -2.47. The van der Waals surface area contributed by atoms with E-state index in [0.29, 0.717) is 5.75 Å². The number of carboxylic acids is 1. The van der Waals surface area contributed by atoms with Crippen molar-refractivity contribution in [1.29, 1.82) is 0 Å². The normalized spacial score (nSPS) is 14.8. The Balaban J connectivity index is 4.80. The van der Waals surface area contributed by atoms with Crippen LogP contribution < -0.4 is 4.72 Å². The SMILES string of the molecule is COC(=O)C(C)S(=O)(=O)N[C@H](CCSC)C(=O)O. The van der Waals surface area contributed by atoms with Gasteiger partial charge < -0.3 is 9.84 Å². The Morgan fingerprint density at radius 2 is 2.00 bits per heavy atom. The molecule has 0 saturated heterocycles. The molecule has 0 aliphatic rings. The standard InChI is InChI=1S/C9H17NO6S2/c1-6(9(13)16-2)18(14,15)10-7(8(11)12)4-5-17-3/h6-7,10H,4-5H2,1-3H3,(H,11,12)/t6?,7-/m1/s1. The Labute approximate surface area is 110 Å². The molecule has 0 spiro atoms. The number of carbonyl (C=O) groups excluding carboxylic acids is 1. The summed E-state index contributed by atoms with van der Waals surface area (Å²) in [5.41, 5.74) is 0. The molecule has 0 amide bonds. The minimum absolute atomic E-state index is 0.142. The number of hydrogen-bond acceptors (Lipinski definition) is 6. The topological polar surface area (TPSA) is 110 Å². The summed E-state index contributed by atoms with van der Waals surface area (Å²) in [6.45, 7) is 1.14. The van der Waals surface area contributed by atoms with Crippen LogP contribution in [0.4, 0.5) is 0 Å². The van der Waals surface area contributed by atoms with Gasteiger partial charge in [-0.25, -0.2) is 13.1 Å². The first-order valence-corrected chi connectivity index (χ1v) is 8.01. The molecule has 0 radical (unpaired) electrons. The lowest BCUT2D eigenvalue weighted by molar-refractivity contribution is -0.140. The van der Waals surface area contributed by atoms with E-state index >= 15 is 0 Å². The van der Waals surface area contributed by atoms with Crippen LogP contribution in [0.5, 0.6) is 0 Å². The van der Waals surface area contributed by atoms with Crippen LogP contribution in [-0.2, 0) is 24.3 Å². The van der Waals surface area contributed by atoms with Crippen molar-refractivity contribution in [1.82, 2.24) is 4.72 Å². The van der Waals surface area contributed by atoms with Crippen molar-refractivity contribution in [2.45, 2.75) is 24.6 Å². The van der Waals surface area contributed by atoms with Crippen LogP contribution in [0.25, 0.3) is 0 Å². The third kappa shape index (κ3) is 5.23. The van der Waals surface area contributed by atoms with Gasteiger partial charge in [0.15, 0.2) is 5.25 Å². The third-order valence-electron chi connectivity index (χ3n) is 2.21. The molecule has 0 aromatic heterocycles. The van der Waals surface area contributed by atoms with Crippen LogP contribution in [-0.4, -0.2) is 55.9 Å². The van der Waals surface area contributed by atoms with E-state index in [1.165, 1.54) is 11.8 Å². The fourth-order valence-electron chi connectivity index (χ4n) is 1.06. The molecule has 0 aromatic rings. The van der Waals surface area contributed by atoms with Crippen LogP contribution in [0.1, 0.15) is 13.3 Å². The summed E-state index contributed by atoms with van der Waals surface area (Å²) >= 11 is 1.40. The predicted octanol–water partition coefficient (Wildman–Crippen LogP) is -0.326. The summed E-state index contributed by atoms with van der Waals surface area (Å²) in [6, 6.07) is -1.24. The summed E-state index contributed by atoms with van der Waals surface area (Å²) in [5.74, 6) is -1.72. The summed E-state index contributed by atoms with van der Waals surface area (Å²) in [4.78, 5) is 22.0. The molecule has 7 nitrogen and oxygen atoms in total. The molecule has 2 N–H and O–H groups in total. The zero-order chi connectivity index (χ0) is 14.3. The Hall–Kier alpha value is -0.800. The monoisotopic (exact) mass is 299 g/mol. The number of esters is 1. The molecule has 0 aliphatic heterocycles. The quantitative estimate of drug-likeness (QED) is 0.591. The Kier molecular flexibility index (Phi) is 7.26. The van der Waals surface area contributed by atoms with Gasteiger partial charge in [-0.3, -0.25) is 9.59 Å². The van der Waals surface area contributed by atoms with Crippen molar-refractivity contribution in [3.05, 3.63) is 0 Å². The summed E-state index contributed by atoms with van der Waals surface area (Å²) in [6.07, 6.45) is 1.92. The second kappa shape index (κ2) is 7.59. The second-order valence-corrected chi connectivity index (χ2v) is 6.52. The van der Waals surface area contributed by atoms with E-state index in [9.17, 15) is 18.0 Å². The van der Waals surface area contributed by atoms with Crippen LogP contribution in [0.2, 0.25) is 0 Å². The fourth-order valence-corrected chi connectivity index (χ4v) is 2.70. The van der Waals surface area contributed by atoms with Gasteiger partial charge in [0, 0.05) is 0 Å². The molecule has 0 saturated carbocycles. The van der Waals surface area contributed by atoms with Gasteiger partial charge in [0.2, 0.25) is 10.0 Å². The van der Waals surface area contributed by atoms with Gasteiger partial charge in [-0.2, -0.15) is 11.8 Å². The van der Waals surface area contributed by atoms with Gasteiger partial charge in [-0.05, 0) is 25.4 Å². The highest BCUT2D eigenvalue weighted by Gasteiger charge is 2.32. The highest BCUT2D eigenvalue weighted by Crippen LogP contribution is 2.06. The van der Waals surface area contributed by atoms with Crippen molar-refractivity contribution >= 4 is 33.7 Å². The van der Waals surface area contributed by atoms with Gasteiger partial charge in [0.1, 0.15) is 6.04 Å². The van der Waals surface area contributed by atoms with Crippen LogP contribution in [0.3, 0.4) is 0 Å². The van der Waals surface area contributed by atoms with E-state index in [1.807, 2.05) is 4.72 Å². The number of hydrogen-bond donors (Lipinski definition) is 2. The predicted molar refractivity (Wildman–Crippen MR) is 68.0 cm³/mol. The minimum Gasteiger partial charge on any atom is -0.480 e. The number of nitrogens with one attached hydrogen (secondary N) is 1. The van der Waals surface area contributed by atoms with Gasteiger partial charge in [0.05, 0.1) is 7.11 Å². The maximum atomic E-state index is 11.7. The molecule has 0 fully saturated rings. The van der Waals surface area contributed by atoms with Crippen LogP contribution in [0, 0.1) is 0 Å². The molecule has 0 bridgehead atoms. The van der Waals surface area contributed by atoms with Crippen molar-refractivity contribution in [3.8, 4) is 0 Å². The fraction of sp³-hybridized carbons (Fsp3) is 0.778. The van der Waals surface area contributed by atoms with E-state index in [-0.39, 0.29) is 6.42 Å². The molecule has 9 heteroatoms. The van der Waals surface area contributed by atoms with E-state index < -0.39 is 33.3 Å². The first-order chi connectivity index (χ1) is 8.26. The van der Waals surface area contributed by atoms with E-state index in [2.05, 4.69) is 4.74 Å². The molecule has 2 atom stereocenters. The summed E-state index contributed by atoms with van der Waals surface area (Å²) < 4.78 is 29.8. The average Bonchev–Trinajstić information content (AvgIpc) is 2.31. The molecule has 18 heavy (non-hydrogen) atoms. The van der Waals surface area contributed by atoms with Gasteiger partial charge in [-0.1, -0.05) is 0 Å². The molecule has 106 valence electrons. The Morgan fingerprint density at radius 3 is 2.39 bits per heavy atom. The van der Waals surface area contributed by atoms with Crippen molar-refractivity contribution in [2.75, 3.05) is 19.1 Å².